The lowest BCUT2D eigenvalue weighted by atomic mass is 9.87. The Balaban J connectivity index is 3.00. The molecular formula is C11H18BNO2. The maximum atomic E-state index is 5.34. The second-order valence-electron chi connectivity index (χ2n) is 3.44. The molecule has 0 atom stereocenters. The fourth-order valence-electron chi connectivity index (χ4n) is 1.65. The summed E-state index contributed by atoms with van der Waals surface area (Å²) in [5.41, 5.74) is 2.45. The number of hydrogen-bond donors (Lipinski definition) is 1. The van der Waals surface area contributed by atoms with E-state index in [1.54, 1.807) is 14.2 Å². The molecule has 0 saturated carbocycles. The summed E-state index contributed by atoms with van der Waals surface area (Å²) in [5, 5.41) is 3.14. The molecule has 0 aliphatic rings. The molecule has 0 fully saturated rings. The van der Waals surface area contributed by atoms with Crippen molar-refractivity contribution in [1.82, 2.24) is 5.32 Å². The maximum Gasteiger partial charge on any atom is 0.160 e. The van der Waals surface area contributed by atoms with Gasteiger partial charge in [0.15, 0.2) is 11.5 Å². The van der Waals surface area contributed by atoms with Crippen LogP contribution in [0.15, 0.2) is 12.1 Å². The van der Waals surface area contributed by atoms with Crippen molar-refractivity contribution in [3.05, 3.63) is 17.7 Å². The molecule has 3 nitrogen and oxygen atoms in total. The summed E-state index contributed by atoms with van der Waals surface area (Å²) in [5.74, 6) is 1.63. The topological polar surface area (TPSA) is 30.5 Å². The second-order valence-corrected chi connectivity index (χ2v) is 3.44. The Hall–Kier alpha value is -1.16. The number of hydrogen-bond acceptors (Lipinski definition) is 3. The number of likely N-dealkylation sites (N-methyl/N-ethyl adjacent to an activating group) is 1. The lowest BCUT2D eigenvalue weighted by Gasteiger charge is -2.14. The standard InChI is InChI=1S/C11H18BNO2/c1-13-7-6-8-4-5-9(14-2)11(15-3)10(8)12/h4-5,13H,6-7,12H2,1-3H3. The minimum atomic E-state index is 0.795. The summed E-state index contributed by atoms with van der Waals surface area (Å²) in [6.07, 6.45) is 1.00. The number of nitrogens with one attached hydrogen (secondary N) is 1. The van der Waals surface area contributed by atoms with Gasteiger partial charge in [-0.3, -0.25) is 0 Å². The molecule has 82 valence electrons. The minimum absolute atomic E-state index is 0.795. The van der Waals surface area contributed by atoms with Crippen LogP contribution < -0.4 is 20.3 Å². The molecule has 0 aromatic heterocycles. The van der Waals surface area contributed by atoms with E-state index in [2.05, 4.69) is 19.2 Å². The van der Waals surface area contributed by atoms with E-state index in [1.807, 2.05) is 13.1 Å². The monoisotopic (exact) mass is 207 g/mol. The van der Waals surface area contributed by atoms with Gasteiger partial charge in [0.05, 0.1) is 14.2 Å². The van der Waals surface area contributed by atoms with Gasteiger partial charge in [0.2, 0.25) is 0 Å². The average molecular weight is 207 g/mol. The lowest BCUT2D eigenvalue weighted by Crippen LogP contribution is -2.19. The molecule has 0 saturated heterocycles. The highest BCUT2D eigenvalue weighted by Crippen LogP contribution is 2.24. The van der Waals surface area contributed by atoms with Gasteiger partial charge in [0.25, 0.3) is 0 Å². The normalized spacial score (nSPS) is 10.1. The van der Waals surface area contributed by atoms with Crippen molar-refractivity contribution in [2.45, 2.75) is 6.42 Å². The van der Waals surface area contributed by atoms with Gasteiger partial charge < -0.3 is 14.8 Å². The summed E-state index contributed by atoms with van der Waals surface area (Å²) in [7, 11) is 7.35. The molecule has 1 rings (SSSR count). The van der Waals surface area contributed by atoms with Crippen LogP contribution in [0.25, 0.3) is 0 Å². The third-order valence-electron chi connectivity index (χ3n) is 2.55. The lowest BCUT2D eigenvalue weighted by molar-refractivity contribution is 0.357. The SMILES string of the molecule is Bc1c(CCNC)ccc(OC)c1OC. The fraction of sp³-hybridized carbons (Fsp3) is 0.455. The van der Waals surface area contributed by atoms with Gasteiger partial charge in [-0.05, 0) is 37.1 Å². The summed E-state index contributed by atoms with van der Waals surface area (Å²) >= 11 is 0. The Labute approximate surface area is 92.2 Å². The van der Waals surface area contributed by atoms with E-state index in [0.717, 1.165) is 29.9 Å². The van der Waals surface area contributed by atoms with Crippen molar-refractivity contribution in [2.75, 3.05) is 27.8 Å². The van der Waals surface area contributed by atoms with Gasteiger partial charge in [0.1, 0.15) is 7.85 Å². The van der Waals surface area contributed by atoms with Crippen molar-refractivity contribution in [2.24, 2.45) is 0 Å². The molecule has 0 heterocycles. The first-order chi connectivity index (χ1) is 7.24. The molecule has 0 radical (unpaired) electrons. The van der Waals surface area contributed by atoms with Crippen LogP contribution in [0.2, 0.25) is 0 Å². The smallest absolute Gasteiger partial charge is 0.160 e. The molecule has 0 aliphatic heterocycles. The largest absolute Gasteiger partial charge is 0.493 e. The second kappa shape index (κ2) is 5.66. The zero-order chi connectivity index (χ0) is 11.3. The van der Waals surface area contributed by atoms with E-state index in [0.29, 0.717) is 0 Å². The van der Waals surface area contributed by atoms with Gasteiger partial charge in [-0.1, -0.05) is 6.07 Å². The Morgan fingerprint density at radius 3 is 2.53 bits per heavy atom. The summed E-state index contributed by atoms with van der Waals surface area (Å²) in [6.45, 7) is 0.969. The van der Waals surface area contributed by atoms with Crippen LogP contribution in [-0.4, -0.2) is 35.7 Å². The minimum Gasteiger partial charge on any atom is -0.493 e. The highest BCUT2D eigenvalue weighted by Gasteiger charge is 2.09. The molecular weight excluding hydrogens is 189 g/mol. The van der Waals surface area contributed by atoms with Crippen molar-refractivity contribution in [3.63, 3.8) is 0 Å². The zero-order valence-corrected chi connectivity index (χ0v) is 9.89. The zero-order valence-electron chi connectivity index (χ0n) is 9.89. The first-order valence-corrected chi connectivity index (χ1v) is 5.09. The molecule has 0 spiro atoms. The Kier molecular flexibility index (Phi) is 4.50. The summed E-state index contributed by atoms with van der Waals surface area (Å²) in [4.78, 5) is 0. The van der Waals surface area contributed by atoms with E-state index in [4.69, 9.17) is 9.47 Å². The van der Waals surface area contributed by atoms with Crippen molar-refractivity contribution < 1.29 is 9.47 Å². The van der Waals surface area contributed by atoms with Gasteiger partial charge >= 0.3 is 0 Å². The van der Waals surface area contributed by atoms with Gasteiger partial charge in [-0.2, -0.15) is 0 Å². The predicted octanol–water partition coefficient (Wildman–Crippen LogP) is -0.276. The van der Waals surface area contributed by atoms with Crippen LogP contribution in [-0.2, 0) is 6.42 Å². The summed E-state index contributed by atoms with van der Waals surface area (Å²) < 4.78 is 10.6. The quantitative estimate of drug-likeness (QED) is 0.674. The van der Waals surface area contributed by atoms with E-state index < -0.39 is 0 Å². The molecule has 0 unspecified atom stereocenters. The molecule has 0 amide bonds. The highest BCUT2D eigenvalue weighted by molar-refractivity contribution is 6.35. The van der Waals surface area contributed by atoms with E-state index >= 15 is 0 Å². The summed E-state index contributed by atoms with van der Waals surface area (Å²) in [6, 6.07) is 4.05. The number of rotatable bonds is 5. The Morgan fingerprint density at radius 2 is 2.00 bits per heavy atom. The first kappa shape index (κ1) is 11.9. The van der Waals surface area contributed by atoms with Crippen molar-refractivity contribution in [3.8, 4) is 11.5 Å². The molecule has 15 heavy (non-hydrogen) atoms. The number of benzene rings is 1. The van der Waals surface area contributed by atoms with Crippen LogP contribution in [0.3, 0.4) is 0 Å². The molecule has 1 aromatic carbocycles. The third-order valence-corrected chi connectivity index (χ3v) is 2.55. The molecule has 4 heteroatoms. The highest BCUT2D eigenvalue weighted by atomic mass is 16.5. The van der Waals surface area contributed by atoms with Crippen LogP contribution in [0.4, 0.5) is 0 Å². The van der Waals surface area contributed by atoms with Crippen LogP contribution in [0, 0.1) is 0 Å². The van der Waals surface area contributed by atoms with E-state index in [9.17, 15) is 0 Å². The number of ether oxygens (including phenoxy) is 2. The predicted molar refractivity (Wildman–Crippen MR) is 65.4 cm³/mol. The first-order valence-electron chi connectivity index (χ1n) is 5.09. The van der Waals surface area contributed by atoms with Crippen LogP contribution in [0.5, 0.6) is 11.5 Å². The molecule has 1 aromatic rings. The van der Waals surface area contributed by atoms with Gasteiger partial charge in [0, 0.05) is 0 Å². The molecule has 0 bridgehead atoms. The number of methoxy groups -OCH3 is 2. The fourth-order valence-corrected chi connectivity index (χ4v) is 1.65. The van der Waals surface area contributed by atoms with Gasteiger partial charge in [-0.15, -0.1) is 0 Å². The van der Waals surface area contributed by atoms with E-state index in [1.165, 1.54) is 5.56 Å². The van der Waals surface area contributed by atoms with Crippen molar-refractivity contribution in [1.29, 1.82) is 0 Å². The third kappa shape index (κ3) is 2.66. The maximum absolute atomic E-state index is 5.34. The van der Waals surface area contributed by atoms with E-state index in [-0.39, 0.29) is 0 Å². The van der Waals surface area contributed by atoms with Crippen LogP contribution >= 0.6 is 0 Å². The Morgan fingerprint density at radius 1 is 1.27 bits per heavy atom. The van der Waals surface area contributed by atoms with Crippen LogP contribution in [0.1, 0.15) is 5.56 Å². The van der Waals surface area contributed by atoms with Gasteiger partial charge in [-0.25, -0.2) is 0 Å². The Bertz CT molecular complexity index is 329. The molecule has 1 N–H and O–H groups in total. The molecule has 0 aliphatic carbocycles. The van der Waals surface area contributed by atoms with Crippen molar-refractivity contribution >= 4 is 13.3 Å². The average Bonchev–Trinajstić information content (AvgIpc) is 2.27.